The average molecular weight is 400 g/mol. The Bertz CT molecular complexity index is 911. The summed E-state index contributed by atoms with van der Waals surface area (Å²) in [5.41, 5.74) is 0.814. The molecule has 0 aliphatic carbocycles. The van der Waals surface area contributed by atoms with Gasteiger partial charge in [0.2, 0.25) is 11.8 Å². The molecule has 0 aliphatic heterocycles. The van der Waals surface area contributed by atoms with Gasteiger partial charge < -0.3 is 15.1 Å². The van der Waals surface area contributed by atoms with Crippen LogP contribution in [0.15, 0.2) is 52.5 Å². The molecule has 0 saturated heterocycles. The quantitative estimate of drug-likeness (QED) is 0.521. The lowest BCUT2D eigenvalue weighted by atomic mass is 10.2. The number of nitrogens with one attached hydrogen (secondary N) is 2. The average Bonchev–Trinajstić information content (AvgIpc) is 3.36. The van der Waals surface area contributed by atoms with Crippen LogP contribution < -0.4 is 10.6 Å². The highest BCUT2D eigenvalue weighted by Gasteiger charge is 2.17. The van der Waals surface area contributed by atoms with Crippen molar-refractivity contribution in [2.75, 3.05) is 18.8 Å². The summed E-state index contributed by atoms with van der Waals surface area (Å²) in [5, 5.41) is 14.3. The molecule has 0 atom stereocenters. The van der Waals surface area contributed by atoms with Crippen molar-refractivity contribution in [3.63, 3.8) is 0 Å². The largest absolute Gasteiger partial charge is 0.467 e. The SMILES string of the molecule is CCNC(=O)CNC(=O)CSc1nnc(-c2cccnc2)n1Cc1ccco1. The summed E-state index contributed by atoms with van der Waals surface area (Å²) in [6.07, 6.45) is 4.99. The normalized spacial score (nSPS) is 10.6. The number of hydrogen-bond acceptors (Lipinski definition) is 7. The Balaban J connectivity index is 1.71. The van der Waals surface area contributed by atoms with Crippen LogP contribution in [0.5, 0.6) is 0 Å². The van der Waals surface area contributed by atoms with Crippen molar-refractivity contribution < 1.29 is 14.0 Å². The second-order valence-electron chi connectivity index (χ2n) is 5.73. The van der Waals surface area contributed by atoms with Crippen molar-refractivity contribution in [1.82, 2.24) is 30.4 Å². The third-order valence-electron chi connectivity index (χ3n) is 3.68. The monoisotopic (exact) mass is 400 g/mol. The fourth-order valence-electron chi connectivity index (χ4n) is 2.42. The third kappa shape index (κ3) is 5.19. The lowest BCUT2D eigenvalue weighted by molar-refractivity contribution is -0.124. The van der Waals surface area contributed by atoms with Gasteiger partial charge in [-0.05, 0) is 31.2 Å². The zero-order chi connectivity index (χ0) is 19.8. The molecule has 2 N–H and O–H groups in total. The molecule has 3 aromatic rings. The lowest BCUT2D eigenvalue weighted by Crippen LogP contribution is -2.37. The van der Waals surface area contributed by atoms with Gasteiger partial charge in [0.25, 0.3) is 0 Å². The Hall–Kier alpha value is -3.14. The minimum atomic E-state index is -0.258. The smallest absolute Gasteiger partial charge is 0.239 e. The summed E-state index contributed by atoms with van der Waals surface area (Å²) in [6.45, 7) is 2.72. The maximum Gasteiger partial charge on any atom is 0.239 e. The van der Waals surface area contributed by atoms with Crippen LogP contribution in [0, 0.1) is 0 Å². The number of carbonyl (C=O) groups is 2. The number of thioether (sulfide) groups is 1. The first-order chi connectivity index (χ1) is 13.7. The summed E-state index contributed by atoms with van der Waals surface area (Å²) in [4.78, 5) is 27.6. The van der Waals surface area contributed by atoms with Gasteiger partial charge in [-0.25, -0.2) is 0 Å². The molecule has 0 spiro atoms. The third-order valence-corrected chi connectivity index (χ3v) is 4.65. The van der Waals surface area contributed by atoms with E-state index in [2.05, 4.69) is 25.8 Å². The first-order valence-corrected chi connectivity index (χ1v) is 9.68. The van der Waals surface area contributed by atoms with E-state index in [4.69, 9.17) is 4.42 Å². The maximum absolute atomic E-state index is 12.0. The molecule has 0 saturated carbocycles. The fourth-order valence-corrected chi connectivity index (χ4v) is 3.19. The number of hydrogen-bond donors (Lipinski definition) is 2. The van der Waals surface area contributed by atoms with Gasteiger partial charge in [0.05, 0.1) is 25.1 Å². The number of aromatic nitrogens is 4. The molecule has 0 aromatic carbocycles. The predicted molar refractivity (Wildman–Crippen MR) is 103 cm³/mol. The van der Waals surface area contributed by atoms with Gasteiger partial charge in [-0.15, -0.1) is 10.2 Å². The minimum Gasteiger partial charge on any atom is -0.467 e. The van der Waals surface area contributed by atoms with E-state index in [0.29, 0.717) is 24.1 Å². The predicted octanol–water partition coefficient (Wildman–Crippen LogP) is 1.33. The summed E-state index contributed by atoms with van der Waals surface area (Å²) in [7, 11) is 0. The Morgan fingerprint density at radius 1 is 1.18 bits per heavy atom. The van der Waals surface area contributed by atoms with Gasteiger partial charge in [0, 0.05) is 24.5 Å². The molecule has 28 heavy (non-hydrogen) atoms. The summed E-state index contributed by atoms with van der Waals surface area (Å²) >= 11 is 1.24. The van der Waals surface area contributed by atoms with E-state index in [9.17, 15) is 9.59 Å². The molecule has 146 valence electrons. The first kappa shape index (κ1) is 19.6. The van der Waals surface area contributed by atoms with Gasteiger partial charge >= 0.3 is 0 Å². The highest BCUT2D eigenvalue weighted by Crippen LogP contribution is 2.24. The minimum absolute atomic E-state index is 0.0484. The van der Waals surface area contributed by atoms with E-state index < -0.39 is 0 Å². The topological polar surface area (TPSA) is 115 Å². The van der Waals surface area contributed by atoms with Gasteiger partial charge in [-0.2, -0.15) is 0 Å². The van der Waals surface area contributed by atoms with E-state index in [1.165, 1.54) is 11.8 Å². The number of furan rings is 1. The highest BCUT2D eigenvalue weighted by molar-refractivity contribution is 7.99. The zero-order valence-corrected chi connectivity index (χ0v) is 16.1. The summed E-state index contributed by atoms with van der Waals surface area (Å²) in [5.74, 6) is 1.01. The number of likely N-dealkylation sites (N-methyl/N-ethyl adjacent to an activating group) is 1. The molecule has 3 rings (SSSR count). The van der Waals surface area contributed by atoms with E-state index in [1.807, 2.05) is 35.8 Å². The van der Waals surface area contributed by atoms with E-state index in [-0.39, 0.29) is 24.1 Å². The molecule has 0 radical (unpaired) electrons. The first-order valence-electron chi connectivity index (χ1n) is 8.69. The molecule has 3 aromatic heterocycles. The fraction of sp³-hybridized carbons (Fsp3) is 0.278. The van der Waals surface area contributed by atoms with Crippen LogP contribution in [0.4, 0.5) is 0 Å². The van der Waals surface area contributed by atoms with Gasteiger partial charge in [0.1, 0.15) is 5.76 Å². The van der Waals surface area contributed by atoms with Crippen LogP contribution in [-0.2, 0) is 16.1 Å². The van der Waals surface area contributed by atoms with Crippen molar-refractivity contribution >= 4 is 23.6 Å². The Labute approximate surface area is 165 Å². The molecule has 10 heteroatoms. The van der Waals surface area contributed by atoms with Gasteiger partial charge in [-0.3, -0.25) is 19.1 Å². The number of rotatable bonds is 9. The van der Waals surface area contributed by atoms with Crippen molar-refractivity contribution in [1.29, 1.82) is 0 Å². The van der Waals surface area contributed by atoms with E-state index in [1.54, 1.807) is 18.7 Å². The van der Waals surface area contributed by atoms with Crippen LogP contribution in [-0.4, -0.2) is 50.4 Å². The van der Waals surface area contributed by atoms with Crippen molar-refractivity contribution in [3.05, 3.63) is 48.7 Å². The second-order valence-corrected chi connectivity index (χ2v) is 6.67. The van der Waals surface area contributed by atoms with Crippen LogP contribution in [0.2, 0.25) is 0 Å². The molecule has 0 fully saturated rings. The molecule has 0 bridgehead atoms. The van der Waals surface area contributed by atoms with Crippen LogP contribution in [0.25, 0.3) is 11.4 Å². The number of amides is 2. The van der Waals surface area contributed by atoms with Gasteiger partial charge in [-0.1, -0.05) is 11.8 Å². The van der Waals surface area contributed by atoms with Crippen molar-refractivity contribution in [2.45, 2.75) is 18.6 Å². The highest BCUT2D eigenvalue weighted by atomic mass is 32.2. The Morgan fingerprint density at radius 3 is 2.79 bits per heavy atom. The second kappa shape index (κ2) is 9.70. The number of pyridine rings is 1. The lowest BCUT2D eigenvalue weighted by Gasteiger charge is -2.09. The van der Waals surface area contributed by atoms with Crippen LogP contribution in [0.1, 0.15) is 12.7 Å². The molecule has 9 nitrogen and oxygen atoms in total. The van der Waals surface area contributed by atoms with E-state index >= 15 is 0 Å². The van der Waals surface area contributed by atoms with Crippen molar-refractivity contribution in [3.8, 4) is 11.4 Å². The molecule has 2 amide bonds. The molecular formula is C18H20N6O3S. The zero-order valence-electron chi connectivity index (χ0n) is 15.3. The standard InChI is InChI=1S/C18H20N6O3S/c1-2-20-15(25)10-21-16(26)12-28-18-23-22-17(13-5-3-7-19-9-13)24(18)11-14-6-4-8-27-14/h3-9H,2,10-12H2,1H3,(H,20,25)(H,21,26). The number of carbonyl (C=O) groups excluding carboxylic acids is 2. The molecular weight excluding hydrogens is 380 g/mol. The van der Waals surface area contributed by atoms with E-state index in [0.717, 1.165) is 11.3 Å². The van der Waals surface area contributed by atoms with Crippen LogP contribution >= 0.6 is 11.8 Å². The Morgan fingerprint density at radius 2 is 2.07 bits per heavy atom. The van der Waals surface area contributed by atoms with Gasteiger partial charge in [0.15, 0.2) is 11.0 Å². The summed E-state index contributed by atoms with van der Waals surface area (Å²) in [6, 6.07) is 7.39. The van der Waals surface area contributed by atoms with Crippen LogP contribution in [0.3, 0.4) is 0 Å². The Kier molecular flexibility index (Phi) is 6.79. The molecule has 0 unspecified atom stereocenters. The van der Waals surface area contributed by atoms with Crippen molar-refractivity contribution in [2.24, 2.45) is 0 Å². The maximum atomic E-state index is 12.0. The summed E-state index contributed by atoms with van der Waals surface area (Å²) < 4.78 is 7.31. The molecule has 0 aliphatic rings. The number of nitrogens with zero attached hydrogens (tertiary/aromatic N) is 4. The molecule has 3 heterocycles.